The zero-order valence-electron chi connectivity index (χ0n) is 8.65. The lowest BCUT2D eigenvalue weighted by atomic mass is 10.1. The third-order valence-corrected chi connectivity index (χ3v) is 1.85. The zero-order valence-corrected chi connectivity index (χ0v) is 8.65. The molecule has 1 heterocycles. The van der Waals surface area contributed by atoms with Crippen LogP contribution in [0.4, 0.5) is 0 Å². The molecule has 14 heavy (non-hydrogen) atoms. The molecule has 0 aliphatic rings. The third kappa shape index (κ3) is 2.80. The first-order chi connectivity index (χ1) is 6.63. The molecule has 4 heteroatoms. The number of nitrogens with zero attached hydrogens (tertiary/aromatic N) is 2. The number of ether oxygens (including phenoxy) is 1. The van der Waals surface area contributed by atoms with E-state index in [-0.39, 0.29) is 12.4 Å². The van der Waals surface area contributed by atoms with Crippen LogP contribution in [0.3, 0.4) is 0 Å². The highest BCUT2D eigenvalue weighted by Gasteiger charge is 2.07. The van der Waals surface area contributed by atoms with Crippen molar-refractivity contribution in [2.24, 2.45) is 0 Å². The quantitative estimate of drug-likeness (QED) is 0.681. The second-order valence-electron chi connectivity index (χ2n) is 3.31. The Bertz CT molecular complexity index is 324. The summed E-state index contributed by atoms with van der Waals surface area (Å²) < 4.78 is 4.54. The molecule has 76 valence electrons. The lowest BCUT2D eigenvalue weighted by Gasteiger charge is -2.05. The molecule has 0 aliphatic carbocycles. The molecule has 1 aromatic heterocycles. The van der Waals surface area contributed by atoms with E-state index in [0.717, 1.165) is 5.69 Å². The lowest BCUT2D eigenvalue weighted by molar-refractivity contribution is -0.139. The smallest absolute Gasteiger partial charge is 0.313 e. The summed E-state index contributed by atoms with van der Waals surface area (Å²) in [7, 11) is 1.36. The predicted molar refractivity (Wildman–Crippen MR) is 51.8 cm³/mol. The molecule has 0 aromatic carbocycles. The van der Waals surface area contributed by atoms with Crippen LogP contribution in [-0.4, -0.2) is 23.0 Å². The Kier molecular flexibility index (Phi) is 3.56. The van der Waals surface area contributed by atoms with E-state index in [2.05, 4.69) is 14.7 Å². The molecule has 0 unspecified atom stereocenters. The molecule has 0 fully saturated rings. The van der Waals surface area contributed by atoms with Gasteiger partial charge in [0.2, 0.25) is 0 Å². The minimum absolute atomic E-state index is 0.136. The summed E-state index contributed by atoms with van der Waals surface area (Å²) in [6, 6.07) is 1.85. The standard InChI is InChI=1S/C10H14N2O2/c1-7(2)8-4-5-11-9(12-8)6-10(13)14-3/h4-5,7H,6H2,1-3H3. The SMILES string of the molecule is COC(=O)Cc1nccc(C(C)C)n1. The average Bonchev–Trinajstić information content (AvgIpc) is 2.18. The van der Waals surface area contributed by atoms with Gasteiger partial charge in [0.1, 0.15) is 12.2 Å². The van der Waals surface area contributed by atoms with E-state index in [1.54, 1.807) is 6.20 Å². The molecule has 0 atom stereocenters. The highest BCUT2D eigenvalue weighted by atomic mass is 16.5. The number of carbonyl (C=O) groups excluding carboxylic acids is 1. The van der Waals surface area contributed by atoms with Crippen LogP contribution in [0.25, 0.3) is 0 Å². The number of methoxy groups -OCH3 is 1. The van der Waals surface area contributed by atoms with Crippen LogP contribution < -0.4 is 0 Å². The first-order valence-corrected chi connectivity index (χ1v) is 4.52. The highest BCUT2D eigenvalue weighted by molar-refractivity contribution is 5.71. The second-order valence-corrected chi connectivity index (χ2v) is 3.31. The molecule has 0 N–H and O–H groups in total. The molecule has 1 rings (SSSR count). The molecule has 4 nitrogen and oxygen atoms in total. The molecule has 0 saturated carbocycles. The number of rotatable bonds is 3. The van der Waals surface area contributed by atoms with Gasteiger partial charge in [-0.15, -0.1) is 0 Å². The Morgan fingerprint density at radius 1 is 1.57 bits per heavy atom. The normalized spacial score (nSPS) is 10.3. The Labute approximate surface area is 83.3 Å². The summed E-state index contributed by atoms with van der Waals surface area (Å²) in [6.45, 7) is 4.09. The molecule has 1 aromatic rings. The van der Waals surface area contributed by atoms with Crippen LogP contribution in [0.15, 0.2) is 12.3 Å². The van der Waals surface area contributed by atoms with E-state index in [9.17, 15) is 4.79 Å². The van der Waals surface area contributed by atoms with Gasteiger partial charge in [-0.25, -0.2) is 9.97 Å². The molecular formula is C10H14N2O2. The molecule has 0 aliphatic heterocycles. The van der Waals surface area contributed by atoms with Gasteiger partial charge in [-0.05, 0) is 12.0 Å². The molecule has 0 radical (unpaired) electrons. The predicted octanol–water partition coefficient (Wildman–Crippen LogP) is 1.32. The molecular weight excluding hydrogens is 180 g/mol. The monoisotopic (exact) mass is 194 g/mol. The van der Waals surface area contributed by atoms with Crippen LogP contribution in [0.5, 0.6) is 0 Å². The van der Waals surface area contributed by atoms with Gasteiger partial charge in [0.25, 0.3) is 0 Å². The van der Waals surface area contributed by atoms with Crippen molar-refractivity contribution in [1.82, 2.24) is 9.97 Å². The first-order valence-electron chi connectivity index (χ1n) is 4.52. The average molecular weight is 194 g/mol. The Hall–Kier alpha value is -1.45. The van der Waals surface area contributed by atoms with Crippen molar-refractivity contribution in [1.29, 1.82) is 0 Å². The fraction of sp³-hybridized carbons (Fsp3) is 0.500. The van der Waals surface area contributed by atoms with Gasteiger partial charge in [0.05, 0.1) is 7.11 Å². The van der Waals surface area contributed by atoms with Crippen LogP contribution in [0, 0.1) is 0 Å². The van der Waals surface area contributed by atoms with Crippen LogP contribution in [-0.2, 0) is 16.0 Å². The maximum atomic E-state index is 11.0. The largest absolute Gasteiger partial charge is 0.469 e. The van der Waals surface area contributed by atoms with Crippen molar-refractivity contribution >= 4 is 5.97 Å². The van der Waals surface area contributed by atoms with E-state index < -0.39 is 0 Å². The fourth-order valence-electron chi connectivity index (χ4n) is 1.02. The number of hydrogen-bond donors (Lipinski definition) is 0. The lowest BCUT2D eigenvalue weighted by Crippen LogP contribution is -2.09. The minimum Gasteiger partial charge on any atom is -0.469 e. The summed E-state index contributed by atoms with van der Waals surface area (Å²) in [6.07, 6.45) is 1.80. The molecule has 0 spiro atoms. The van der Waals surface area contributed by atoms with Gasteiger partial charge in [0, 0.05) is 11.9 Å². The van der Waals surface area contributed by atoms with Crippen molar-refractivity contribution in [3.05, 3.63) is 23.8 Å². The van der Waals surface area contributed by atoms with Crippen molar-refractivity contribution in [2.75, 3.05) is 7.11 Å². The van der Waals surface area contributed by atoms with Crippen LogP contribution >= 0.6 is 0 Å². The number of aromatic nitrogens is 2. The maximum Gasteiger partial charge on any atom is 0.313 e. The van der Waals surface area contributed by atoms with E-state index in [1.807, 2.05) is 19.9 Å². The first kappa shape index (κ1) is 10.6. The molecule has 0 amide bonds. The van der Waals surface area contributed by atoms with E-state index in [0.29, 0.717) is 11.7 Å². The van der Waals surface area contributed by atoms with E-state index in [4.69, 9.17) is 0 Å². The van der Waals surface area contributed by atoms with Gasteiger partial charge in [-0.2, -0.15) is 0 Å². The summed E-state index contributed by atoms with van der Waals surface area (Å²) in [5.74, 6) is 0.545. The van der Waals surface area contributed by atoms with E-state index in [1.165, 1.54) is 7.11 Å². The second kappa shape index (κ2) is 4.69. The van der Waals surface area contributed by atoms with Crippen LogP contribution in [0.1, 0.15) is 31.3 Å². The molecule has 0 bridgehead atoms. The number of carbonyl (C=O) groups is 1. The Balaban J connectivity index is 2.78. The van der Waals surface area contributed by atoms with Gasteiger partial charge in [-0.3, -0.25) is 4.79 Å². The highest BCUT2D eigenvalue weighted by Crippen LogP contribution is 2.10. The fourth-order valence-corrected chi connectivity index (χ4v) is 1.02. The zero-order chi connectivity index (χ0) is 10.6. The summed E-state index contributed by atoms with van der Waals surface area (Å²) >= 11 is 0. The summed E-state index contributed by atoms with van der Waals surface area (Å²) in [5, 5.41) is 0. The Morgan fingerprint density at radius 3 is 2.86 bits per heavy atom. The van der Waals surface area contributed by atoms with Gasteiger partial charge < -0.3 is 4.74 Å². The maximum absolute atomic E-state index is 11.0. The van der Waals surface area contributed by atoms with Crippen molar-refractivity contribution in [3.63, 3.8) is 0 Å². The molecule has 0 saturated heterocycles. The Morgan fingerprint density at radius 2 is 2.29 bits per heavy atom. The van der Waals surface area contributed by atoms with Gasteiger partial charge in [-0.1, -0.05) is 13.8 Å². The van der Waals surface area contributed by atoms with Crippen molar-refractivity contribution < 1.29 is 9.53 Å². The topological polar surface area (TPSA) is 52.1 Å². The van der Waals surface area contributed by atoms with Crippen LogP contribution in [0.2, 0.25) is 0 Å². The van der Waals surface area contributed by atoms with E-state index >= 15 is 0 Å². The minimum atomic E-state index is -0.314. The summed E-state index contributed by atoms with van der Waals surface area (Å²) in [5.41, 5.74) is 0.943. The third-order valence-electron chi connectivity index (χ3n) is 1.85. The van der Waals surface area contributed by atoms with Gasteiger partial charge >= 0.3 is 5.97 Å². The van der Waals surface area contributed by atoms with Gasteiger partial charge in [0.15, 0.2) is 0 Å². The summed E-state index contributed by atoms with van der Waals surface area (Å²) in [4.78, 5) is 19.2. The van der Waals surface area contributed by atoms with Crippen molar-refractivity contribution in [2.45, 2.75) is 26.2 Å². The van der Waals surface area contributed by atoms with Crippen molar-refractivity contribution in [3.8, 4) is 0 Å². The number of esters is 1. The number of hydrogen-bond acceptors (Lipinski definition) is 4.